The van der Waals surface area contributed by atoms with E-state index in [-0.39, 0.29) is 10.9 Å². The van der Waals surface area contributed by atoms with Crippen LogP contribution in [0.5, 0.6) is 0 Å². The molecule has 0 aliphatic carbocycles. The van der Waals surface area contributed by atoms with Gasteiger partial charge in [0.1, 0.15) is 6.33 Å². The summed E-state index contributed by atoms with van der Waals surface area (Å²) < 4.78 is 22.2. The third kappa shape index (κ3) is 1.64. The number of aromatic nitrogens is 3. The molecule has 1 rings (SSSR count). The first-order valence-electron chi connectivity index (χ1n) is 2.86. The predicted octanol–water partition coefficient (Wildman–Crippen LogP) is -0.236. The molecule has 0 saturated carbocycles. The van der Waals surface area contributed by atoms with Crippen LogP contribution < -0.4 is 0 Å². The fraction of sp³-hybridized carbons (Fsp3) is 0.200. The van der Waals surface area contributed by atoms with Crippen molar-refractivity contribution in [2.75, 3.05) is 5.75 Å². The lowest BCUT2D eigenvalue weighted by Crippen LogP contribution is -2.06. The average Bonchev–Trinajstić information content (AvgIpc) is 2.37. The van der Waals surface area contributed by atoms with E-state index in [1.807, 2.05) is 0 Å². The molecule has 0 aliphatic rings. The normalized spacial score (nSPS) is 11.3. The van der Waals surface area contributed by atoms with Gasteiger partial charge in [-0.15, -0.1) is 6.58 Å². The Morgan fingerprint density at radius 1 is 1.73 bits per heavy atom. The minimum absolute atomic E-state index is 0.114. The SMILES string of the molecule is C=CCS(=O)(=O)c1ncn[nH]1. The van der Waals surface area contributed by atoms with Crippen molar-refractivity contribution in [3.63, 3.8) is 0 Å². The maximum absolute atomic E-state index is 11.1. The highest BCUT2D eigenvalue weighted by atomic mass is 32.2. The number of hydrogen-bond donors (Lipinski definition) is 1. The van der Waals surface area contributed by atoms with Gasteiger partial charge in [-0.2, -0.15) is 5.10 Å². The van der Waals surface area contributed by atoms with Gasteiger partial charge in [-0.1, -0.05) is 6.08 Å². The Kier molecular flexibility index (Phi) is 2.04. The third-order valence-electron chi connectivity index (χ3n) is 1.02. The molecule has 11 heavy (non-hydrogen) atoms. The van der Waals surface area contributed by atoms with Gasteiger partial charge < -0.3 is 0 Å². The van der Waals surface area contributed by atoms with Crippen molar-refractivity contribution in [1.82, 2.24) is 15.2 Å². The van der Waals surface area contributed by atoms with Gasteiger partial charge in [-0.05, 0) is 0 Å². The van der Waals surface area contributed by atoms with Gasteiger partial charge in [0.15, 0.2) is 0 Å². The summed E-state index contributed by atoms with van der Waals surface area (Å²) in [4.78, 5) is 3.50. The first kappa shape index (κ1) is 7.93. The van der Waals surface area contributed by atoms with E-state index >= 15 is 0 Å². The molecule has 1 aromatic heterocycles. The van der Waals surface area contributed by atoms with Crippen molar-refractivity contribution < 1.29 is 8.42 Å². The van der Waals surface area contributed by atoms with Gasteiger partial charge in [-0.3, -0.25) is 5.10 Å². The van der Waals surface area contributed by atoms with E-state index in [1.54, 1.807) is 0 Å². The number of nitrogens with zero attached hydrogens (tertiary/aromatic N) is 2. The molecule has 0 radical (unpaired) electrons. The molecular formula is C5H7N3O2S. The molecule has 6 heteroatoms. The van der Waals surface area contributed by atoms with Gasteiger partial charge in [0.25, 0.3) is 0 Å². The zero-order chi connectivity index (χ0) is 8.32. The first-order chi connectivity index (χ1) is 5.17. The number of rotatable bonds is 3. The summed E-state index contributed by atoms with van der Waals surface area (Å²) in [6.07, 6.45) is 2.45. The van der Waals surface area contributed by atoms with Gasteiger partial charge in [0.2, 0.25) is 15.0 Å². The van der Waals surface area contributed by atoms with Crippen LogP contribution in [0.25, 0.3) is 0 Å². The minimum Gasteiger partial charge on any atom is -0.250 e. The quantitative estimate of drug-likeness (QED) is 0.640. The summed E-state index contributed by atoms with van der Waals surface area (Å²) in [5, 5.41) is 5.57. The molecule has 1 heterocycles. The summed E-state index contributed by atoms with van der Waals surface area (Å²) in [6, 6.07) is 0. The molecular weight excluding hydrogens is 166 g/mol. The molecule has 0 spiro atoms. The molecule has 0 saturated heterocycles. The number of nitrogens with one attached hydrogen (secondary N) is 1. The molecule has 1 N–H and O–H groups in total. The Balaban J connectivity index is 3.01. The van der Waals surface area contributed by atoms with Crippen LogP contribution in [0.3, 0.4) is 0 Å². The molecule has 0 fully saturated rings. The Hall–Kier alpha value is -1.17. The van der Waals surface area contributed by atoms with Crippen LogP contribution in [0.1, 0.15) is 0 Å². The van der Waals surface area contributed by atoms with Crippen LogP contribution in [-0.2, 0) is 9.84 Å². The molecule has 1 aromatic rings. The monoisotopic (exact) mass is 173 g/mol. The topological polar surface area (TPSA) is 75.7 Å². The third-order valence-corrected chi connectivity index (χ3v) is 2.49. The van der Waals surface area contributed by atoms with Gasteiger partial charge in [0.05, 0.1) is 5.75 Å². The zero-order valence-corrected chi connectivity index (χ0v) is 6.50. The highest BCUT2D eigenvalue weighted by Crippen LogP contribution is 2.01. The number of hydrogen-bond acceptors (Lipinski definition) is 4. The second-order valence-corrected chi connectivity index (χ2v) is 3.81. The van der Waals surface area contributed by atoms with Gasteiger partial charge in [-0.25, -0.2) is 13.4 Å². The van der Waals surface area contributed by atoms with Crippen molar-refractivity contribution in [2.24, 2.45) is 0 Å². The van der Waals surface area contributed by atoms with E-state index in [9.17, 15) is 8.42 Å². The van der Waals surface area contributed by atoms with Gasteiger partial charge in [0, 0.05) is 0 Å². The fourth-order valence-electron chi connectivity index (χ4n) is 0.578. The van der Waals surface area contributed by atoms with Crippen LogP contribution >= 0.6 is 0 Å². The van der Waals surface area contributed by atoms with Crippen LogP contribution in [0.15, 0.2) is 24.1 Å². The van der Waals surface area contributed by atoms with Crippen molar-refractivity contribution in [3.8, 4) is 0 Å². The highest BCUT2D eigenvalue weighted by molar-refractivity contribution is 7.91. The number of H-pyrrole nitrogens is 1. The van der Waals surface area contributed by atoms with E-state index in [2.05, 4.69) is 21.8 Å². The Labute approximate surface area is 64.1 Å². The summed E-state index contributed by atoms with van der Waals surface area (Å²) in [7, 11) is -3.31. The summed E-state index contributed by atoms with van der Waals surface area (Å²) in [5.41, 5.74) is 0. The molecule has 0 bridgehead atoms. The first-order valence-corrected chi connectivity index (χ1v) is 4.51. The lowest BCUT2D eigenvalue weighted by molar-refractivity contribution is 0.591. The lowest BCUT2D eigenvalue weighted by atomic mass is 10.8. The average molecular weight is 173 g/mol. The standard InChI is InChI=1S/C5H7N3O2S/c1-2-3-11(9,10)5-6-4-7-8-5/h2,4H,1,3H2,(H,6,7,8). The Morgan fingerprint density at radius 3 is 2.91 bits per heavy atom. The Morgan fingerprint density at radius 2 is 2.45 bits per heavy atom. The molecule has 60 valence electrons. The highest BCUT2D eigenvalue weighted by Gasteiger charge is 2.14. The van der Waals surface area contributed by atoms with E-state index in [1.165, 1.54) is 6.08 Å². The number of sulfone groups is 1. The van der Waals surface area contributed by atoms with E-state index in [4.69, 9.17) is 0 Å². The molecule has 5 nitrogen and oxygen atoms in total. The van der Waals surface area contributed by atoms with Crippen molar-refractivity contribution in [3.05, 3.63) is 19.0 Å². The molecule has 0 aromatic carbocycles. The maximum Gasteiger partial charge on any atom is 0.243 e. The molecule has 0 unspecified atom stereocenters. The van der Waals surface area contributed by atoms with Crippen molar-refractivity contribution in [2.45, 2.75) is 5.16 Å². The summed E-state index contributed by atoms with van der Waals surface area (Å²) in [6.45, 7) is 3.31. The summed E-state index contributed by atoms with van der Waals surface area (Å²) in [5.74, 6) is -0.123. The van der Waals surface area contributed by atoms with Crippen molar-refractivity contribution >= 4 is 9.84 Å². The van der Waals surface area contributed by atoms with Crippen LogP contribution in [0.2, 0.25) is 0 Å². The molecule has 0 aliphatic heterocycles. The second kappa shape index (κ2) is 2.83. The zero-order valence-electron chi connectivity index (χ0n) is 5.69. The van der Waals surface area contributed by atoms with Gasteiger partial charge >= 0.3 is 0 Å². The fourth-order valence-corrected chi connectivity index (χ4v) is 1.45. The van der Waals surface area contributed by atoms with E-state index in [0.717, 1.165) is 6.33 Å². The predicted molar refractivity (Wildman–Crippen MR) is 38.6 cm³/mol. The summed E-state index contributed by atoms with van der Waals surface area (Å²) >= 11 is 0. The van der Waals surface area contributed by atoms with Crippen LogP contribution in [0, 0.1) is 0 Å². The maximum atomic E-state index is 11.1. The minimum atomic E-state index is -3.31. The number of aromatic amines is 1. The van der Waals surface area contributed by atoms with Crippen LogP contribution in [-0.4, -0.2) is 29.4 Å². The van der Waals surface area contributed by atoms with E-state index in [0.29, 0.717) is 0 Å². The van der Waals surface area contributed by atoms with E-state index < -0.39 is 9.84 Å². The Bertz CT molecular complexity index is 327. The lowest BCUT2D eigenvalue weighted by Gasteiger charge is -1.92. The van der Waals surface area contributed by atoms with Crippen LogP contribution in [0.4, 0.5) is 0 Å². The second-order valence-electron chi connectivity index (χ2n) is 1.86. The smallest absolute Gasteiger partial charge is 0.243 e. The molecule has 0 amide bonds. The van der Waals surface area contributed by atoms with Crippen molar-refractivity contribution in [1.29, 1.82) is 0 Å². The largest absolute Gasteiger partial charge is 0.250 e. The molecule has 0 atom stereocenters.